The van der Waals surface area contributed by atoms with Crippen LogP contribution in [0.25, 0.3) is 0 Å². The van der Waals surface area contributed by atoms with Crippen molar-refractivity contribution in [2.75, 3.05) is 4.90 Å². The summed E-state index contributed by atoms with van der Waals surface area (Å²) in [7, 11) is 0. The Morgan fingerprint density at radius 2 is 2.05 bits per heavy atom. The standard InChI is InChI=1S/C15H10BrFN2O2/c1-8-3-2-4-10(18-8)7-19-13-11(14(20)15(19)21)5-9(17)6-12(13)16/h2-6H,7H2,1H3. The number of nitrogens with zero attached hydrogens (tertiary/aromatic N) is 2. The van der Waals surface area contributed by atoms with E-state index in [4.69, 9.17) is 0 Å². The van der Waals surface area contributed by atoms with Gasteiger partial charge in [-0.3, -0.25) is 19.5 Å². The molecule has 0 aliphatic carbocycles. The Morgan fingerprint density at radius 3 is 2.76 bits per heavy atom. The maximum Gasteiger partial charge on any atom is 0.299 e. The van der Waals surface area contributed by atoms with Crippen molar-refractivity contribution < 1.29 is 14.0 Å². The molecule has 0 fully saturated rings. The summed E-state index contributed by atoms with van der Waals surface area (Å²) in [6.07, 6.45) is 0. The van der Waals surface area contributed by atoms with E-state index in [9.17, 15) is 14.0 Å². The summed E-state index contributed by atoms with van der Waals surface area (Å²) < 4.78 is 13.8. The summed E-state index contributed by atoms with van der Waals surface area (Å²) in [5, 5.41) is 0. The highest BCUT2D eigenvalue weighted by molar-refractivity contribution is 9.10. The number of aryl methyl sites for hydroxylation is 1. The van der Waals surface area contributed by atoms with Crippen molar-refractivity contribution >= 4 is 33.3 Å². The van der Waals surface area contributed by atoms with Gasteiger partial charge in [0.15, 0.2) is 0 Å². The van der Waals surface area contributed by atoms with Crippen LogP contribution in [-0.4, -0.2) is 16.7 Å². The number of amides is 1. The number of pyridine rings is 1. The summed E-state index contributed by atoms with van der Waals surface area (Å²) in [6.45, 7) is 2.02. The summed E-state index contributed by atoms with van der Waals surface area (Å²) in [5.41, 5.74) is 1.97. The highest BCUT2D eigenvalue weighted by atomic mass is 79.9. The van der Waals surface area contributed by atoms with Crippen LogP contribution in [0.1, 0.15) is 21.7 Å². The molecule has 0 radical (unpaired) electrons. The number of fused-ring (bicyclic) bond motifs is 1. The lowest BCUT2D eigenvalue weighted by molar-refractivity contribution is -0.114. The minimum absolute atomic E-state index is 0.0829. The van der Waals surface area contributed by atoms with Crippen molar-refractivity contribution in [2.45, 2.75) is 13.5 Å². The Hall–Kier alpha value is -2.08. The van der Waals surface area contributed by atoms with Crippen LogP contribution in [0.5, 0.6) is 0 Å². The molecule has 106 valence electrons. The Labute approximate surface area is 128 Å². The van der Waals surface area contributed by atoms with Gasteiger partial charge in [-0.25, -0.2) is 4.39 Å². The van der Waals surface area contributed by atoms with Gasteiger partial charge in [-0.15, -0.1) is 0 Å². The van der Waals surface area contributed by atoms with Crippen molar-refractivity contribution in [1.29, 1.82) is 0 Å². The number of ketones is 1. The molecular formula is C15H10BrFN2O2. The average Bonchev–Trinajstić information content (AvgIpc) is 2.64. The second-order valence-electron chi connectivity index (χ2n) is 4.77. The third kappa shape index (κ3) is 2.35. The highest BCUT2D eigenvalue weighted by Crippen LogP contribution is 2.37. The minimum Gasteiger partial charge on any atom is -0.298 e. The van der Waals surface area contributed by atoms with Gasteiger partial charge < -0.3 is 0 Å². The first-order valence-corrected chi connectivity index (χ1v) is 7.04. The first-order valence-electron chi connectivity index (χ1n) is 6.25. The molecule has 6 heteroatoms. The maximum atomic E-state index is 13.4. The Bertz CT molecular complexity index is 776. The molecule has 0 N–H and O–H groups in total. The van der Waals surface area contributed by atoms with Gasteiger partial charge in [0.1, 0.15) is 5.82 Å². The van der Waals surface area contributed by atoms with Gasteiger partial charge in [0.05, 0.1) is 23.5 Å². The fourth-order valence-corrected chi connectivity index (χ4v) is 3.00. The molecule has 0 saturated heterocycles. The average molecular weight is 349 g/mol. The Balaban J connectivity index is 2.05. The van der Waals surface area contributed by atoms with Crippen LogP contribution in [0.15, 0.2) is 34.8 Å². The number of benzene rings is 1. The summed E-state index contributed by atoms with van der Waals surface area (Å²) in [5.74, 6) is -1.92. The normalized spacial score (nSPS) is 13.8. The summed E-state index contributed by atoms with van der Waals surface area (Å²) in [6, 6.07) is 7.78. The van der Waals surface area contributed by atoms with Crippen molar-refractivity contribution in [1.82, 2.24) is 4.98 Å². The number of aromatic nitrogens is 1. The van der Waals surface area contributed by atoms with Crippen LogP contribution in [0.3, 0.4) is 0 Å². The molecule has 1 aromatic carbocycles. The fraction of sp³-hybridized carbons (Fsp3) is 0.133. The second-order valence-corrected chi connectivity index (χ2v) is 5.63. The molecule has 0 atom stereocenters. The molecule has 2 heterocycles. The predicted octanol–water partition coefficient (Wildman–Crippen LogP) is 3.02. The van der Waals surface area contributed by atoms with Gasteiger partial charge in [0, 0.05) is 10.2 Å². The zero-order valence-electron chi connectivity index (χ0n) is 11.1. The second kappa shape index (κ2) is 5.04. The van der Waals surface area contributed by atoms with E-state index in [2.05, 4.69) is 20.9 Å². The van der Waals surface area contributed by atoms with Crippen molar-refractivity contribution in [3.63, 3.8) is 0 Å². The van der Waals surface area contributed by atoms with E-state index in [-0.39, 0.29) is 12.1 Å². The smallest absolute Gasteiger partial charge is 0.298 e. The fourth-order valence-electron chi connectivity index (χ4n) is 2.35. The summed E-state index contributed by atoms with van der Waals surface area (Å²) in [4.78, 5) is 29.7. The van der Waals surface area contributed by atoms with Gasteiger partial charge in [0.2, 0.25) is 0 Å². The number of hydrogen-bond donors (Lipinski definition) is 0. The first-order chi connectivity index (χ1) is 9.97. The topological polar surface area (TPSA) is 50.3 Å². The van der Waals surface area contributed by atoms with Crippen LogP contribution >= 0.6 is 15.9 Å². The molecule has 2 aromatic rings. The lowest BCUT2D eigenvalue weighted by atomic mass is 10.1. The lowest BCUT2D eigenvalue weighted by Gasteiger charge is -2.17. The molecule has 0 unspecified atom stereocenters. The molecule has 1 aromatic heterocycles. The predicted molar refractivity (Wildman–Crippen MR) is 78.6 cm³/mol. The maximum absolute atomic E-state index is 13.4. The number of carbonyl (C=O) groups excluding carboxylic acids is 2. The SMILES string of the molecule is Cc1cccc(CN2C(=O)C(=O)c3cc(F)cc(Br)c32)n1. The number of anilines is 1. The zero-order valence-corrected chi connectivity index (χ0v) is 12.6. The number of rotatable bonds is 2. The van der Waals surface area contributed by atoms with Gasteiger partial charge in [-0.2, -0.15) is 0 Å². The molecule has 0 spiro atoms. The molecule has 1 aliphatic heterocycles. The van der Waals surface area contributed by atoms with E-state index in [1.807, 2.05) is 19.1 Å². The Morgan fingerprint density at radius 1 is 1.29 bits per heavy atom. The number of hydrogen-bond acceptors (Lipinski definition) is 3. The van der Waals surface area contributed by atoms with E-state index in [0.29, 0.717) is 15.9 Å². The quantitative estimate of drug-likeness (QED) is 0.784. The van der Waals surface area contributed by atoms with Crippen LogP contribution in [0, 0.1) is 12.7 Å². The number of Topliss-reactive ketones (excluding diaryl/α,β-unsaturated/α-hetero) is 1. The van der Waals surface area contributed by atoms with Crippen molar-refractivity contribution in [3.8, 4) is 0 Å². The van der Waals surface area contributed by atoms with Gasteiger partial charge in [0.25, 0.3) is 11.7 Å². The highest BCUT2D eigenvalue weighted by Gasteiger charge is 2.38. The monoisotopic (exact) mass is 348 g/mol. The van der Waals surface area contributed by atoms with Gasteiger partial charge in [-0.05, 0) is 47.1 Å². The van der Waals surface area contributed by atoms with E-state index < -0.39 is 17.5 Å². The zero-order chi connectivity index (χ0) is 15.1. The first kappa shape index (κ1) is 13.9. The number of carbonyl (C=O) groups is 2. The molecule has 1 aliphatic rings. The van der Waals surface area contributed by atoms with Crippen LogP contribution in [-0.2, 0) is 11.3 Å². The number of halogens is 2. The molecular weight excluding hydrogens is 339 g/mol. The molecule has 3 rings (SSSR count). The molecule has 4 nitrogen and oxygen atoms in total. The molecule has 21 heavy (non-hydrogen) atoms. The third-order valence-corrected chi connectivity index (χ3v) is 3.85. The molecule has 0 saturated carbocycles. The van der Waals surface area contributed by atoms with Gasteiger partial charge in [-0.1, -0.05) is 6.07 Å². The molecule has 0 bridgehead atoms. The summed E-state index contributed by atoms with van der Waals surface area (Å²) >= 11 is 3.21. The minimum atomic E-state index is -0.696. The third-order valence-electron chi connectivity index (χ3n) is 3.25. The largest absolute Gasteiger partial charge is 0.299 e. The van der Waals surface area contributed by atoms with Crippen molar-refractivity contribution in [3.05, 3.63) is 57.6 Å². The van der Waals surface area contributed by atoms with Gasteiger partial charge >= 0.3 is 0 Å². The Kier molecular flexibility index (Phi) is 3.33. The van der Waals surface area contributed by atoms with E-state index >= 15 is 0 Å². The van der Waals surface area contributed by atoms with Crippen molar-refractivity contribution in [2.24, 2.45) is 0 Å². The van der Waals surface area contributed by atoms with Crippen LogP contribution < -0.4 is 4.90 Å². The van der Waals surface area contributed by atoms with Crippen LogP contribution in [0.2, 0.25) is 0 Å². The lowest BCUT2D eigenvalue weighted by Crippen LogP contribution is -2.29. The van der Waals surface area contributed by atoms with Crippen LogP contribution in [0.4, 0.5) is 10.1 Å². The molecule has 1 amide bonds. The van der Waals surface area contributed by atoms with E-state index in [0.717, 1.165) is 11.8 Å². The van der Waals surface area contributed by atoms with E-state index in [1.165, 1.54) is 11.0 Å². The van der Waals surface area contributed by atoms with E-state index in [1.54, 1.807) is 6.07 Å².